The molecule has 0 heterocycles. The van der Waals surface area contributed by atoms with Gasteiger partial charge < -0.3 is 20.1 Å². The molecule has 3 amide bonds. The number of benzene rings is 3. The summed E-state index contributed by atoms with van der Waals surface area (Å²) >= 11 is 0. The van der Waals surface area contributed by atoms with Crippen LogP contribution in [0.15, 0.2) is 72.8 Å². The maximum absolute atomic E-state index is 13.6. The summed E-state index contributed by atoms with van der Waals surface area (Å²) in [4.78, 5) is 38.9. The summed E-state index contributed by atoms with van der Waals surface area (Å²) in [6.45, 7) is 3.97. The minimum absolute atomic E-state index is 0.100. The minimum atomic E-state index is -1.04. The van der Waals surface area contributed by atoms with Crippen LogP contribution in [0.5, 0.6) is 11.5 Å². The molecule has 0 saturated carbocycles. The second-order valence-electron chi connectivity index (χ2n) is 9.85. The summed E-state index contributed by atoms with van der Waals surface area (Å²) < 4.78 is 10.9. The van der Waals surface area contributed by atoms with Crippen LogP contribution in [0, 0.1) is 11.8 Å². The zero-order chi connectivity index (χ0) is 29.1. The lowest BCUT2D eigenvalue weighted by molar-refractivity contribution is -0.136. The van der Waals surface area contributed by atoms with Crippen LogP contribution in [-0.2, 0) is 20.9 Å². The molecule has 9 heteroatoms. The number of hydrogen-bond donors (Lipinski definition) is 4. The van der Waals surface area contributed by atoms with Gasteiger partial charge in [0.15, 0.2) is 0 Å². The molecule has 2 atom stereocenters. The molecule has 0 saturated heterocycles. The van der Waals surface area contributed by atoms with E-state index in [1.165, 1.54) is 14.2 Å². The number of nitrogens with one attached hydrogen (secondary N) is 3. The van der Waals surface area contributed by atoms with E-state index >= 15 is 0 Å². The lowest BCUT2D eigenvalue weighted by Crippen LogP contribution is -2.43. The zero-order valence-corrected chi connectivity index (χ0v) is 23.3. The molecule has 3 aromatic rings. The van der Waals surface area contributed by atoms with Gasteiger partial charge in [-0.2, -0.15) is 0 Å². The van der Waals surface area contributed by atoms with E-state index in [-0.39, 0.29) is 18.9 Å². The summed E-state index contributed by atoms with van der Waals surface area (Å²) in [7, 11) is 3.07. The molecular formula is C31H37N3O6. The first kappa shape index (κ1) is 30.2. The lowest BCUT2D eigenvalue weighted by Gasteiger charge is -2.24. The van der Waals surface area contributed by atoms with Gasteiger partial charge in [0, 0.05) is 12.3 Å². The molecule has 0 spiro atoms. The smallest absolute Gasteiger partial charge is 0.247 e. The van der Waals surface area contributed by atoms with E-state index in [0.717, 1.165) is 11.1 Å². The Hall–Kier alpha value is -4.37. The second-order valence-corrected chi connectivity index (χ2v) is 9.85. The van der Waals surface area contributed by atoms with Crippen molar-refractivity contribution in [3.8, 4) is 22.6 Å². The van der Waals surface area contributed by atoms with E-state index in [0.29, 0.717) is 29.0 Å². The highest BCUT2D eigenvalue weighted by atomic mass is 16.5. The standard InChI is InChI=1S/C31H37N3O6/c1-20(2)17-24(18-28(35)34-38)30(36)33-29(23-15-13-22(14-16-23)21-9-6-5-7-10-21)31(37)32-19-25-26(39-3)11-8-12-27(25)40-4/h5-16,20,24,29,38H,17-19H2,1-4H3,(H,32,37)(H,33,36)(H,34,35). The molecule has 9 nitrogen and oxygen atoms in total. The van der Waals surface area contributed by atoms with Gasteiger partial charge in [0.2, 0.25) is 17.7 Å². The van der Waals surface area contributed by atoms with E-state index in [1.807, 2.05) is 56.3 Å². The van der Waals surface area contributed by atoms with Gasteiger partial charge in [-0.25, -0.2) is 5.48 Å². The van der Waals surface area contributed by atoms with Gasteiger partial charge in [-0.15, -0.1) is 0 Å². The Bertz CT molecular complexity index is 1260. The summed E-state index contributed by atoms with van der Waals surface area (Å²) in [5.41, 5.74) is 4.81. The molecule has 2 unspecified atom stereocenters. The molecule has 4 N–H and O–H groups in total. The number of amides is 3. The summed E-state index contributed by atoms with van der Waals surface area (Å²) in [5.74, 6) is -1.09. The Balaban J connectivity index is 1.90. The van der Waals surface area contributed by atoms with Gasteiger partial charge in [0.25, 0.3) is 0 Å². The molecule has 0 aliphatic heterocycles. The van der Waals surface area contributed by atoms with Gasteiger partial charge in [-0.1, -0.05) is 74.5 Å². The van der Waals surface area contributed by atoms with E-state index in [4.69, 9.17) is 14.7 Å². The predicted octanol–water partition coefficient (Wildman–Crippen LogP) is 4.40. The van der Waals surface area contributed by atoms with Gasteiger partial charge in [-0.05, 0) is 41.2 Å². The van der Waals surface area contributed by atoms with E-state index < -0.39 is 29.7 Å². The molecule has 0 fully saturated rings. The Morgan fingerprint density at radius 1 is 0.800 bits per heavy atom. The van der Waals surface area contributed by atoms with Crippen molar-refractivity contribution in [3.05, 3.63) is 83.9 Å². The van der Waals surface area contributed by atoms with Crippen molar-refractivity contribution in [1.82, 2.24) is 16.1 Å². The molecule has 40 heavy (non-hydrogen) atoms. The van der Waals surface area contributed by atoms with Crippen molar-refractivity contribution in [2.75, 3.05) is 14.2 Å². The number of rotatable bonds is 13. The first-order chi connectivity index (χ1) is 19.3. The fourth-order valence-corrected chi connectivity index (χ4v) is 4.56. The lowest BCUT2D eigenvalue weighted by atomic mass is 9.92. The van der Waals surface area contributed by atoms with Crippen LogP contribution in [0.3, 0.4) is 0 Å². The van der Waals surface area contributed by atoms with E-state index in [1.54, 1.807) is 35.8 Å². The highest BCUT2D eigenvalue weighted by Crippen LogP contribution is 2.29. The average molecular weight is 548 g/mol. The monoisotopic (exact) mass is 547 g/mol. The Labute approximate surface area is 234 Å². The molecule has 0 bridgehead atoms. The third-order valence-corrected chi connectivity index (χ3v) is 6.55. The highest BCUT2D eigenvalue weighted by Gasteiger charge is 2.29. The fraction of sp³-hybridized carbons (Fsp3) is 0.323. The predicted molar refractivity (Wildman–Crippen MR) is 152 cm³/mol. The van der Waals surface area contributed by atoms with Crippen LogP contribution >= 0.6 is 0 Å². The van der Waals surface area contributed by atoms with Crippen molar-refractivity contribution in [2.45, 2.75) is 39.3 Å². The maximum Gasteiger partial charge on any atom is 0.247 e. The summed E-state index contributed by atoms with van der Waals surface area (Å²) in [6, 6.07) is 21.5. The van der Waals surface area contributed by atoms with Crippen LogP contribution < -0.4 is 25.6 Å². The molecule has 212 valence electrons. The molecule has 0 aromatic heterocycles. The summed E-state index contributed by atoms with van der Waals surface area (Å²) in [5, 5.41) is 14.8. The van der Waals surface area contributed by atoms with E-state index in [9.17, 15) is 14.4 Å². The number of methoxy groups -OCH3 is 2. The molecule has 0 aliphatic carbocycles. The minimum Gasteiger partial charge on any atom is -0.496 e. The van der Waals surface area contributed by atoms with Crippen LogP contribution in [0.25, 0.3) is 11.1 Å². The van der Waals surface area contributed by atoms with Crippen molar-refractivity contribution in [1.29, 1.82) is 0 Å². The van der Waals surface area contributed by atoms with Crippen LogP contribution in [-0.4, -0.2) is 37.1 Å². The topological polar surface area (TPSA) is 126 Å². The number of carbonyl (C=O) groups excluding carboxylic acids is 3. The third-order valence-electron chi connectivity index (χ3n) is 6.55. The first-order valence-corrected chi connectivity index (χ1v) is 13.1. The number of hydrogen-bond acceptors (Lipinski definition) is 6. The van der Waals surface area contributed by atoms with Crippen LogP contribution in [0.2, 0.25) is 0 Å². The van der Waals surface area contributed by atoms with Gasteiger partial charge in [0.05, 0.1) is 26.3 Å². The van der Waals surface area contributed by atoms with Crippen molar-refractivity contribution in [2.24, 2.45) is 11.8 Å². The zero-order valence-electron chi connectivity index (χ0n) is 23.3. The molecule has 3 aromatic carbocycles. The summed E-state index contributed by atoms with van der Waals surface area (Å²) in [6.07, 6.45) is 0.194. The third kappa shape index (κ3) is 8.07. The molecule has 3 rings (SSSR count). The Morgan fingerprint density at radius 3 is 1.95 bits per heavy atom. The average Bonchev–Trinajstić information content (AvgIpc) is 2.98. The number of hydroxylamine groups is 1. The van der Waals surface area contributed by atoms with Crippen molar-refractivity contribution >= 4 is 17.7 Å². The van der Waals surface area contributed by atoms with Crippen molar-refractivity contribution in [3.63, 3.8) is 0 Å². The second kappa shape index (κ2) is 14.7. The SMILES string of the molecule is COc1cccc(OC)c1CNC(=O)C(NC(=O)C(CC(=O)NO)CC(C)C)c1ccc(-c2ccccc2)cc1. The largest absolute Gasteiger partial charge is 0.496 e. The van der Waals surface area contributed by atoms with Gasteiger partial charge in [0.1, 0.15) is 17.5 Å². The Kier molecular flexibility index (Phi) is 11.1. The van der Waals surface area contributed by atoms with Gasteiger partial charge in [-0.3, -0.25) is 19.6 Å². The molecular weight excluding hydrogens is 510 g/mol. The quantitative estimate of drug-likeness (QED) is 0.186. The van der Waals surface area contributed by atoms with Gasteiger partial charge >= 0.3 is 0 Å². The fourth-order valence-electron chi connectivity index (χ4n) is 4.56. The Morgan fingerprint density at radius 2 is 1.40 bits per heavy atom. The van der Waals surface area contributed by atoms with Crippen LogP contribution in [0.4, 0.5) is 0 Å². The molecule has 0 radical (unpaired) electrons. The number of carbonyl (C=O) groups is 3. The van der Waals surface area contributed by atoms with Crippen LogP contribution in [0.1, 0.15) is 43.9 Å². The molecule has 0 aliphatic rings. The van der Waals surface area contributed by atoms with E-state index in [2.05, 4.69) is 10.6 Å². The number of ether oxygens (including phenoxy) is 2. The maximum atomic E-state index is 13.6. The highest BCUT2D eigenvalue weighted by molar-refractivity contribution is 5.91. The first-order valence-electron chi connectivity index (χ1n) is 13.1. The normalized spacial score (nSPS) is 12.2. The van der Waals surface area contributed by atoms with Crippen molar-refractivity contribution < 1.29 is 29.1 Å².